The van der Waals surface area contributed by atoms with Gasteiger partial charge < -0.3 is 15.0 Å². The molecule has 0 aliphatic rings. The van der Waals surface area contributed by atoms with Crippen LogP contribution < -0.4 is 0 Å². The molecule has 0 radical (unpaired) electrons. The van der Waals surface area contributed by atoms with E-state index in [1.54, 1.807) is 0 Å². The Labute approximate surface area is 390 Å². The summed E-state index contributed by atoms with van der Waals surface area (Å²) in [5, 5.41) is 9.62. The maximum Gasteiger partial charge on any atom is 3.00 e. The van der Waals surface area contributed by atoms with Gasteiger partial charge in [0.15, 0.2) is 0 Å². The summed E-state index contributed by atoms with van der Waals surface area (Å²) in [5.74, 6) is 0. The van der Waals surface area contributed by atoms with Gasteiger partial charge in [-0.3, -0.25) is 0 Å². The summed E-state index contributed by atoms with van der Waals surface area (Å²) in [4.78, 5) is 13.8. The van der Waals surface area contributed by atoms with Crippen molar-refractivity contribution in [3.63, 3.8) is 0 Å². The number of aryl methyl sites for hydroxylation is 7. The van der Waals surface area contributed by atoms with Crippen LogP contribution in [0.5, 0.6) is 0 Å². The Morgan fingerprint density at radius 1 is 0.422 bits per heavy atom. The minimum Gasteiger partial charge on any atom is -0.305 e. The summed E-state index contributed by atoms with van der Waals surface area (Å²) >= 11 is 0. The van der Waals surface area contributed by atoms with Gasteiger partial charge in [0.05, 0.1) is 11.6 Å². The van der Waals surface area contributed by atoms with Gasteiger partial charge in [0, 0.05) is 18.6 Å². The normalized spacial score (nSPS) is 10.8. The van der Waals surface area contributed by atoms with Crippen LogP contribution in [0.15, 0.2) is 170 Å². The average Bonchev–Trinajstić information content (AvgIpc) is 3.33. The Kier molecular flexibility index (Phi) is 13.6. The van der Waals surface area contributed by atoms with Crippen LogP contribution in [0.2, 0.25) is 0 Å². The zero-order valence-corrected chi connectivity index (χ0v) is 38.5. The molecule has 0 aliphatic carbocycles. The molecule has 0 aliphatic heterocycles. The molecule has 3 aromatic heterocycles. The van der Waals surface area contributed by atoms with Gasteiger partial charge in [-0.25, -0.2) is 0 Å². The molecule has 6 aromatic carbocycles. The summed E-state index contributed by atoms with van der Waals surface area (Å²) in [7, 11) is 0. The first-order chi connectivity index (χ1) is 30.8. The number of hydrogen-bond acceptors (Lipinski definition) is 4. The van der Waals surface area contributed by atoms with E-state index in [2.05, 4.69) is 164 Å². The van der Waals surface area contributed by atoms with Gasteiger partial charge in [0.1, 0.15) is 0 Å². The fraction of sp³-hybridized carbons (Fsp3) is 0.119. The van der Waals surface area contributed by atoms with Crippen LogP contribution in [-0.2, 0) is 45.8 Å². The van der Waals surface area contributed by atoms with E-state index in [1.807, 2.05) is 61.1 Å². The predicted octanol–water partition coefficient (Wildman–Crippen LogP) is 13.6. The molecule has 4 nitrogen and oxygen atoms in total. The van der Waals surface area contributed by atoms with Gasteiger partial charge in [0.25, 0.3) is 0 Å². The van der Waals surface area contributed by atoms with Crippen LogP contribution in [0.25, 0.3) is 67.2 Å². The van der Waals surface area contributed by atoms with Crippen molar-refractivity contribution in [3.8, 4) is 73.2 Å². The van der Waals surface area contributed by atoms with E-state index in [1.165, 1.54) is 38.9 Å². The summed E-state index contributed by atoms with van der Waals surface area (Å²) < 4.78 is 0. The minimum absolute atomic E-state index is 0. The molecule has 0 unspecified atom stereocenters. The van der Waals surface area contributed by atoms with Crippen molar-refractivity contribution in [1.82, 2.24) is 15.0 Å². The van der Waals surface area contributed by atoms with E-state index in [-0.39, 0.29) is 20.1 Å². The summed E-state index contributed by atoms with van der Waals surface area (Å²) in [5.41, 5.74) is 21.5. The summed E-state index contributed by atoms with van der Waals surface area (Å²) in [6, 6.07) is 66.1. The van der Waals surface area contributed by atoms with Crippen molar-refractivity contribution in [3.05, 3.63) is 233 Å². The van der Waals surface area contributed by atoms with Crippen LogP contribution in [0, 0.1) is 50.3 Å². The topological polar surface area (TPSA) is 62.5 Å². The number of rotatable bonds is 12. The quantitative estimate of drug-likeness (QED) is 0.114. The molecule has 0 spiro atoms. The number of nitriles is 1. The van der Waals surface area contributed by atoms with Gasteiger partial charge >= 0.3 is 20.1 Å². The number of nitrogens with zero attached hydrogens (tertiary/aromatic N) is 4. The van der Waals surface area contributed by atoms with E-state index in [9.17, 15) is 5.26 Å². The number of pyridine rings is 3. The Morgan fingerprint density at radius 2 is 0.906 bits per heavy atom. The summed E-state index contributed by atoms with van der Waals surface area (Å²) in [6.45, 7) is 6.26. The monoisotopic (exact) mass is 1000 g/mol. The van der Waals surface area contributed by atoms with Crippen molar-refractivity contribution in [2.75, 3.05) is 0 Å². The van der Waals surface area contributed by atoms with Crippen LogP contribution in [0.1, 0.15) is 44.5 Å². The third-order valence-electron chi connectivity index (χ3n) is 11.6. The first-order valence-electron chi connectivity index (χ1n) is 21.4. The fourth-order valence-electron chi connectivity index (χ4n) is 8.17. The molecule has 9 rings (SSSR count). The molecule has 9 aromatic rings. The molecular weight excluding hydrogens is 957 g/mol. The average molecular weight is 1000 g/mol. The molecule has 0 N–H and O–H groups in total. The Morgan fingerprint density at radius 3 is 1.39 bits per heavy atom. The van der Waals surface area contributed by atoms with Crippen molar-refractivity contribution in [1.29, 1.82) is 5.26 Å². The van der Waals surface area contributed by atoms with Gasteiger partial charge in [-0.05, 0) is 109 Å². The molecule has 0 saturated heterocycles. The Hall–Kier alpha value is -7.09. The molecule has 310 valence electrons. The van der Waals surface area contributed by atoms with E-state index in [0.29, 0.717) is 5.56 Å². The molecule has 0 atom stereocenters. The zero-order chi connectivity index (χ0) is 43.1. The second-order valence-electron chi connectivity index (χ2n) is 16.3. The second kappa shape index (κ2) is 20.0. The van der Waals surface area contributed by atoms with Crippen LogP contribution >= 0.6 is 0 Å². The molecule has 0 saturated carbocycles. The SMILES string of the molecule is Cc1ccnc(-c2[c-]cc(CCc3cc(CCc4c[c-]c(-c5cc(C)ccn5)cc4)cc(-c4ccccc4-c4c[c-]c(-c5cc(C)ccn5)cc4-c4ccc(C#N)cc4)c3)cc2)c1.[Ir+3]. The van der Waals surface area contributed by atoms with Crippen molar-refractivity contribution < 1.29 is 20.1 Å². The van der Waals surface area contributed by atoms with E-state index in [0.717, 1.165) is 92.8 Å². The van der Waals surface area contributed by atoms with E-state index >= 15 is 0 Å². The number of aromatic nitrogens is 3. The molecule has 0 bridgehead atoms. The van der Waals surface area contributed by atoms with Gasteiger partial charge in [-0.2, -0.15) is 5.26 Å². The van der Waals surface area contributed by atoms with Crippen LogP contribution in [0.4, 0.5) is 0 Å². The van der Waals surface area contributed by atoms with Crippen molar-refractivity contribution >= 4 is 0 Å². The Bertz CT molecular complexity index is 2980. The molecule has 0 fully saturated rings. The fourth-order valence-corrected chi connectivity index (χ4v) is 8.17. The Balaban J connectivity index is 0.00000560. The van der Waals surface area contributed by atoms with E-state index < -0.39 is 0 Å². The smallest absolute Gasteiger partial charge is 0.305 e. The molecule has 0 amide bonds. The number of benzene rings is 6. The molecular formula is C59H45IrN4. The third-order valence-corrected chi connectivity index (χ3v) is 11.6. The van der Waals surface area contributed by atoms with Crippen LogP contribution in [0.3, 0.4) is 0 Å². The van der Waals surface area contributed by atoms with Gasteiger partial charge in [-0.1, -0.05) is 119 Å². The zero-order valence-electron chi connectivity index (χ0n) is 36.1. The standard InChI is InChI=1S/C59H45N4.Ir/c1-40-26-29-61-57(32-40)49-20-12-43(13-21-49)8-10-46-35-47(11-9-44-14-22-50(23-15-44)58-33-41(2)27-30-62-58)37-52(36-46)53-6-4-5-7-54(53)55-25-24-51(59-34-42(3)28-31-63-59)38-56(55)48-18-16-45(39-60)17-19-48;/h4-7,12-20,22,25-38H,8-11H2,1-3H3;/q-3;+3. The van der Waals surface area contributed by atoms with Crippen molar-refractivity contribution in [2.45, 2.75) is 46.5 Å². The van der Waals surface area contributed by atoms with Gasteiger partial charge in [0.2, 0.25) is 0 Å². The molecule has 3 heterocycles. The molecule has 64 heavy (non-hydrogen) atoms. The van der Waals surface area contributed by atoms with Gasteiger partial charge in [-0.15, -0.1) is 94.5 Å². The van der Waals surface area contributed by atoms with Crippen molar-refractivity contribution in [2.24, 2.45) is 0 Å². The first kappa shape index (κ1) is 43.6. The first-order valence-corrected chi connectivity index (χ1v) is 21.4. The third kappa shape index (κ3) is 10.2. The van der Waals surface area contributed by atoms with Crippen LogP contribution in [-0.4, -0.2) is 15.0 Å². The predicted molar refractivity (Wildman–Crippen MR) is 256 cm³/mol. The minimum atomic E-state index is 0. The maximum atomic E-state index is 9.62. The van der Waals surface area contributed by atoms with E-state index in [4.69, 9.17) is 4.98 Å². The number of hydrogen-bond donors (Lipinski definition) is 0. The maximum absolute atomic E-state index is 9.62. The largest absolute Gasteiger partial charge is 3.00 e. The second-order valence-corrected chi connectivity index (χ2v) is 16.3. The summed E-state index contributed by atoms with van der Waals surface area (Å²) in [6.07, 6.45) is 9.10. The molecule has 5 heteroatoms.